The van der Waals surface area contributed by atoms with E-state index in [-0.39, 0.29) is 11.6 Å². The standard InChI is InChI=1S/C16H25NO2/c1-12-6-7-15(18-4)14(10-12)13(2)17-11-16(3)8-5-9-19-16/h6-7,10,13,17H,5,8-9,11H2,1-4H3. The molecular formula is C16H25NO2. The van der Waals surface area contributed by atoms with Crippen LogP contribution in [0.2, 0.25) is 0 Å². The van der Waals surface area contributed by atoms with Crippen LogP contribution in [0.5, 0.6) is 5.75 Å². The summed E-state index contributed by atoms with van der Waals surface area (Å²) in [4.78, 5) is 0. The highest BCUT2D eigenvalue weighted by Gasteiger charge is 2.30. The van der Waals surface area contributed by atoms with E-state index in [1.807, 2.05) is 6.07 Å². The molecule has 0 aliphatic carbocycles. The highest BCUT2D eigenvalue weighted by atomic mass is 16.5. The SMILES string of the molecule is COc1ccc(C)cc1C(C)NCC1(C)CCCO1. The van der Waals surface area contributed by atoms with Crippen LogP contribution in [0.4, 0.5) is 0 Å². The van der Waals surface area contributed by atoms with Gasteiger partial charge in [0.25, 0.3) is 0 Å². The average Bonchev–Trinajstić information content (AvgIpc) is 2.83. The van der Waals surface area contributed by atoms with Crippen molar-refractivity contribution in [3.63, 3.8) is 0 Å². The highest BCUT2D eigenvalue weighted by molar-refractivity contribution is 5.38. The van der Waals surface area contributed by atoms with Crippen LogP contribution < -0.4 is 10.1 Å². The van der Waals surface area contributed by atoms with Crippen LogP contribution in [-0.2, 0) is 4.74 Å². The maximum absolute atomic E-state index is 5.81. The number of hydrogen-bond acceptors (Lipinski definition) is 3. The molecule has 2 atom stereocenters. The molecule has 0 spiro atoms. The first-order valence-corrected chi connectivity index (χ1v) is 7.06. The third-order valence-corrected chi connectivity index (χ3v) is 3.93. The van der Waals surface area contributed by atoms with Crippen molar-refractivity contribution in [1.29, 1.82) is 0 Å². The predicted molar refractivity (Wildman–Crippen MR) is 77.7 cm³/mol. The van der Waals surface area contributed by atoms with Crippen LogP contribution in [0.15, 0.2) is 18.2 Å². The zero-order valence-corrected chi connectivity index (χ0v) is 12.5. The van der Waals surface area contributed by atoms with Crippen LogP contribution in [0.1, 0.15) is 43.9 Å². The Morgan fingerprint density at radius 2 is 2.26 bits per heavy atom. The molecule has 19 heavy (non-hydrogen) atoms. The lowest BCUT2D eigenvalue weighted by Gasteiger charge is -2.26. The van der Waals surface area contributed by atoms with Crippen LogP contribution in [0.25, 0.3) is 0 Å². The minimum absolute atomic E-state index is 0.00861. The van der Waals surface area contributed by atoms with E-state index in [1.54, 1.807) is 7.11 Å². The van der Waals surface area contributed by atoms with E-state index in [2.05, 4.69) is 38.2 Å². The lowest BCUT2D eigenvalue weighted by Crippen LogP contribution is -2.38. The van der Waals surface area contributed by atoms with Crippen LogP contribution in [0, 0.1) is 6.92 Å². The highest BCUT2D eigenvalue weighted by Crippen LogP contribution is 2.28. The average molecular weight is 263 g/mol. The number of nitrogens with one attached hydrogen (secondary N) is 1. The Hall–Kier alpha value is -1.06. The second kappa shape index (κ2) is 5.93. The molecular weight excluding hydrogens is 238 g/mol. The minimum atomic E-state index is -0.00861. The van der Waals surface area contributed by atoms with Gasteiger partial charge >= 0.3 is 0 Å². The van der Waals surface area contributed by atoms with Crippen molar-refractivity contribution >= 4 is 0 Å². The summed E-state index contributed by atoms with van der Waals surface area (Å²) in [6.45, 7) is 8.24. The van der Waals surface area contributed by atoms with Gasteiger partial charge in [0.15, 0.2) is 0 Å². The molecule has 1 N–H and O–H groups in total. The van der Waals surface area contributed by atoms with Gasteiger partial charge in [-0.25, -0.2) is 0 Å². The number of aryl methyl sites for hydroxylation is 1. The van der Waals surface area contributed by atoms with Crippen molar-refractivity contribution in [2.45, 2.75) is 45.3 Å². The van der Waals surface area contributed by atoms with Gasteiger partial charge in [0.2, 0.25) is 0 Å². The van der Waals surface area contributed by atoms with E-state index in [9.17, 15) is 0 Å². The van der Waals surface area contributed by atoms with Crippen LogP contribution in [0.3, 0.4) is 0 Å². The fourth-order valence-electron chi connectivity index (χ4n) is 2.65. The minimum Gasteiger partial charge on any atom is -0.496 e. The first kappa shape index (κ1) is 14.4. The quantitative estimate of drug-likeness (QED) is 0.884. The summed E-state index contributed by atoms with van der Waals surface area (Å²) >= 11 is 0. The second-order valence-corrected chi connectivity index (χ2v) is 5.75. The molecule has 1 saturated heterocycles. The first-order chi connectivity index (χ1) is 9.04. The Balaban J connectivity index is 2.03. The molecule has 0 amide bonds. The molecule has 3 heteroatoms. The fraction of sp³-hybridized carbons (Fsp3) is 0.625. The summed E-state index contributed by atoms with van der Waals surface area (Å²) in [7, 11) is 1.72. The van der Waals surface area contributed by atoms with E-state index in [1.165, 1.54) is 17.5 Å². The maximum Gasteiger partial charge on any atom is 0.123 e. The Morgan fingerprint density at radius 1 is 1.47 bits per heavy atom. The van der Waals surface area contributed by atoms with Gasteiger partial charge in [0, 0.05) is 24.8 Å². The second-order valence-electron chi connectivity index (χ2n) is 5.75. The van der Waals surface area contributed by atoms with Gasteiger partial charge in [-0.3, -0.25) is 0 Å². The number of ether oxygens (including phenoxy) is 2. The molecule has 0 saturated carbocycles. The normalized spacial score (nSPS) is 24.4. The van der Waals surface area contributed by atoms with Crippen molar-refractivity contribution in [1.82, 2.24) is 5.32 Å². The molecule has 0 radical (unpaired) electrons. The van der Waals surface area contributed by atoms with Crippen LogP contribution in [-0.4, -0.2) is 25.9 Å². The van der Waals surface area contributed by atoms with Crippen molar-refractivity contribution in [3.8, 4) is 5.75 Å². The van der Waals surface area contributed by atoms with Gasteiger partial charge in [0.05, 0.1) is 12.7 Å². The van der Waals surface area contributed by atoms with E-state index >= 15 is 0 Å². The molecule has 106 valence electrons. The molecule has 2 rings (SSSR count). The number of hydrogen-bond donors (Lipinski definition) is 1. The molecule has 1 aromatic carbocycles. The Kier molecular flexibility index (Phi) is 4.48. The maximum atomic E-state index is 5.81. The van der Waals surface area contributed by atoms with Crippen molar-refractivity contribution in [2.24, 2.45) is 0 Å². The number of methoxy groups -OCH3 is 1. The zero-order valence-electron chi connectivity index (χ0n) is 12.5. The fourth-order valence-corrected chi connectivity index (χ4v) is 2.65. The Morgan fingerprint density at radius 3 is 2.89 bits per heavy atom. The van der Waals surface area contributed by atoms with Crippen molar-refractivity contribution < 1.29 is 9.47 Å². The van der Waals surface area contributed by atoms with Gasteiger partial charge in [-0.15, -0.1) is 0 Å². The predicted octanol–water partition coefficient (Wildman–Crippen LogP) is 3.22. The molecule has 1 aliphatic rings. The molecule has 1 heterocycles. The lowest BCUT2D eigenvalue weighted by molar-refractivity contribution is 0.0190. The molecule has 1 fully saturated rings. The summed E-state index contributed by atoms with van der Waals surface area (Å²) in [6.07, 6.45) is 2.30. The summed E-state index contributed by atoms with van der Waals surface area (Å²) in [5, 5.41) is 3.58. The van der Waals surface area contributed by atoms with Crippen LogP contribution >= 0.6 is 0 Å². The van der Waals surface area contributed by atoms with E-state index < -0.39 is 0 Å². The third-order valence-electron chi connectivity index (χ3n) is 3.93. The molecule has 0 aromatic heterocycles. The lowest BCUT2D eigenvalue weighted by atomic mass is 10.0. The van der Waals surface area contributed by atoms with Gasteiger partial charge < -0.3 is 14.8 Å². The first-order valence-electron chi connectivity index (χ1n) is 7.06. The number of rotatable bonds is 5. The van der Waals surface area contributed by atoms with E-state index in [4.69, 9.17) is 9.47 Å². The van der Waals surface area contributed by atoms with Gasteiger partial charge in [0.1, 0.15) is 5.75 Å². The molecule has 0 bridgehead atoms. The van der Waals surface area contributed by atoms with Gasteiger partial charge in [-0.05, 0) is 39.7 Å². The van der Waals surface area contributed by atoms with Gasteiger partial charge in [-0.2, -0.15) is 0 Å². The smallest absolute Gasteiger partial charge is 0.123 e. The van der Waals surface area contributed by atoms with Crippen molar-refractivity contribution in [3.05, 3.63) is 29.3 Å². The zero-order chi connectivity index (χ0) is 13.9. The molecule has 3 nitrogen and oxygen atoms in total. The monoisotopic (exact) mass is 263 g/mol. The topological polar surface area (TPSA) is 30.5 Å². The van der Waals surface area contributed by atoms with Gasteiger partial charge in [-0.1, -0.05) is 17.7 Å². The summed E-state index contributed by atoms with van der Waals surface area (Å²) in [5.74, 6) is 0.947. The Bertz CT molecular complexity index is 425. The van der Waals surface area contributed by atoms with E-state index in [0.717, 1.165) is 25.3 Å². The molecule has 2 unspecified atom stereocenters. The summed E-state index contributed by atoms with van der Waals surface area (Å²) in [5.41, 5.74) is 2.46. The third kappa shape index (κ3) is 3.48. The largest absolute Gasteiger partial charge is 0.496 e. The Labute approximate surface area is 116 Å². The molecule has 1 aromatic rings. The van der Waals surface area contributed by atoms with Crippen molar-refractivity contribution in [2.75, 3.05) is 20.3 Å². The molecule has 1 aliphatic heterocycles. The van der Waals surface area contributed by atoms with E-state index in [0.29, 0.717) is 0 Å². The summed E-state index contributed by atoms with van der Waals surface area (Å²) in [6, 6.07) is 6.57. The summed E-state index contributed by atoms with van der Waals surface area (Å²) < 4.78 is 11.3. The number of benzene rings is 1.